The number of hydrogen-bond acceptors (Lipinski definition) is 9. The lowest BCUT2D eigenvalue weighted by molar-refractivity contribution is -0.123. The van der Waals surface area contributed by atoms with Crippen LogP contribution in [0.2, 0.25) is 0 Å². The van der Waals surface area contributed by atoms with E-state index < -0.39 is 0 Å². The van der Waals surface area contributed by atoms with Crippen LogP contribution >= 0.6 is 0 Å². The van der Waals surface area contributed by atoms with Gasteiger partial charge in [-0.1, -0.05) is 13.8 Å². The number of carbonyl (C=O) groups is 1. The summed E-state index contributed by atoms with van der Waals surface area (Å²) in [5, 5.41) is 18.2. The van der Waals surface area contributed by atoms with E-state index in [0.717, 1.165) is 43.4 Å². The minimum absolute atomic E-state index is 0.0637. The van der Waals surface area contributed by atoms with Crippen molar-refractivity contribution in [3.63, 3.8) is 0 Å². The number of rotatable bonds is 4. The largest absolute Gasteiger partial charge is 0.353 e. The lowest BCUT2D eigenvalue weighted by atomic mass is 9.98. The first-order valence-electron chi connectivity index (χ1n) is 10.6. The van der Waals surface area contributed by atoms with E-state index in [0.29, 0.717) is 30.6 Å². The molecule has 0 spiro atoms. The molecule has 5 rings (SSSR count). The van der Waals surface area contributed by atoms with Gasteiger partial charge in [-0.25, -0.2) is 4.98 Å². The molecular formula is C20H27N9O. The smallest absolute Gasteiger partial charge is 0.243 e. The van der Waals surface area contributed by atoms with E-state index in [1.807, 2.05) is 18.3 Å². The molecule has 158 valence electrons. The molecule has 2 atom stereocenters. The summed E-state index contributed by atoms with van der Waals surface area (Å²) in [6.45, 7) is 8.75. The van der Waals surface area contributed by atoms with Crippen molar-refractivity contribution < 1.29 is 4.79 Å². The number of fused-ring (bicyclic) bond motifs is 3. The molecule has 2 aromatic rings. The zero-order valence-corrected chi connectivity index (χ0v) is 17.3. The van der Waals surface area contributed by atoms with E-state index in [4.69, 9.17) is 4.98 Å². The van der Waals surface area contributed by atoms with Gasteiger partial charge in [-0.05, 0) is 18.1 Å². The molecule has 3 N–H and O–H groups in total. The summed E-state index contributed by atoms with van der Waals surface area (Å²) in [4.78, 5) is 26.0. The predicted octanol–water partition coefficient (Wildman–Crippen LogP) is 0.305. The second kappa shape index (κ2) is 7.67. The molecule has 2 saturated heterocycles. The van der Waals surface area contributed by atoms with Crippen LogP contribution in [-0.4, -0.2) is 70.9 Å². The van der Waals surface area contributed by atoms with E-state index in [2.05, 4.69) is 54.8 Å². The second-order valence-electron chi connectivity index (χ2n) is 8.36. The highest BCUT2D eigenvalue weighted by Gasteiger charge is 2.44. The number of nitrogens with zero attached hydrogens (tertiary/aromatic N) is 6. The maximum atomic E-state index is 12.4. The molecule has 30 heavy (non-hydrogen) atoms. The van der Waals surface area contributed by atoms with E-state index >= 15 is 0 Å². The summed E-state index contributed by atoms with van der Waals surface area (Å²) in [6.07, 6.45) is 2.46. The Morgan fingerprint density at radius 2 is 2.03 bits per heavy atom. The fourth-order valence-electron chi connectivity index (χ4n) is 4.43. The molecule has 2 fully saturated rings. The third-order valence-electron chi connectivity index (χ3n) is 6.08. The van der Waals surface area contributed by atoms with Gasteiger partial charge in [0, 0.05) is 50.9 Å². The van der Waals surface area contributed by atoms with Crippen LogP contribution in [0.15, 0.2) is 18.3 Å². The van der Waals surface area contributed by atoms with E-state index in [1.54, 1.807) is 0 Å². The van der Waals surface area contributed by atoms with E-state index in [-0.39, 0.29) is 18.0 Å². The highest BCUT2D eigenvalue weighted by atomic mass is 16.2. The third-order valence-corrected chi connectivity index (χ3v) is 6.08. The number of hydrogen-bond donors (Lipinski definition) is 3. The second-order valence-corrected chi connectivity index (χ2v) is 8.36. The molecule has 1 unspecified atom stereocenters. The molecule has 10 nitrogen and oxygen atoms in total. The summed E-state index contributed by atoms with van der Waals surface area (Å²) in [5.74, 6) is 3.24. The van der Waals surface area contributed by atoms with Crippen LogP contribution in [0.4, 0.5) is 23.4 Å². The minimum atomic E-state index is -0.205. The van der Waals surface area contributed by atoms with Crippen LogP contribution in [0.25, 0.3) is 0 Å². The summed E-state index contributed by atoms with van der Waals surface area (Å²) < 4.78 is 0. The molecule has 10 heteroatoms. The Hall–Kier alpha value is -3.01. The number of amides is 1. The molecule has 0 aliphatic carbocycles. The van der Waals surface area contributed by atoms with E-state index in [9.17, 15) is 4.79 Å². The molecule has 0 aromatic carbocycles. The Balaban J connectivity index is 1.35. The highest BCUT2D eigenvalue weighted by Crippen LogP contribution is 2.36. The van der Waals surface area contributed by atoms with Gasteiger partial charge in [-0.15, -0.1) is 10.2 Å². The minimum Gasteiger partial charge on any atom is -0.353 e. The molecular weight excluding hydrogens is 382 g/mol. The van der Waals surface area contributed by atoms with Crippen LogP contribution < -0.4 is 25.8 Å². The van der Waals surface area contributed by atoms with Gasteiger partial charge in [-0.2, -0.15) is 4.98 Å². The van der Waals surface area contributed by atoms with Crippen LogP contribution in [0.1, 0.15) is 19.4 Å². The lowest BCUT2D eigenvalue weighted by Gasteiger charge is -2.40. The number of anilines is 4. The Morgan fingerprint density at radius 1 is 1.20 bits per heavy atom. The SMILES string of the molecule is CC(C)[C@H]1CNC(=O)C2Cc3cnc(Nc4ccc(N5CCNCC5)nn4)nc3N21. The number of aromatic nitrogens is 4. The Bertz CT molecular complexity index is 926. The summed E-state index contributed by atoms with van der Waals surface area (Å²) in [7, 11) is 0. The van der Waals surface area contributed by atoms with Gasteiger partial charge in [0.25, 0.3) is 0 Å². The summed E-state index contributed by atoms with van der Waals surface area (Å²) in [5.41, 5.74) is 1.01. The number of piperazine rings is 2. The first kappa shape index (κ1) is 19.0. The maximum absolute atomic E-state index is 12.4. The van der Waals surface area contributed by atoms with Gasteiger partial charge < -0.3 is 25.8 Å². The van der Waals surface area contributed by atoms with Gasteiger partial charge in [0.1, 0.15) is 11.9 Å². The van der Waals surface area contributed by atoms with Crippen LogP contribution in [-0.2, 0) is 11.2 Å². The summed E-state index contributed by atoms with van der Waals surface area (Å²) in [6, 6.07) is 3.88. The van der Waals surface area contributed by atoms with Crippen molar-refractivity contribution in [2.45, 2.75) is 32.4 Å². The average Bonchev–Trinajstić information content (AvgIpc) is 3.15. The first-order valence-corrected chi connectivity index (χ1v) is 10.6. The molecule has 5 heterocycles. The number of carbonyl (C=O) groups excluding carboxylic acids is 1. The molecule has 0 radical (unpaired) electrons. The molecule has 0 bridgehead atoms. The normalized spacial score (nSPS) is 23.2. The fraction of sp³-hybridized carbons (Fsp3) is 0.550. The fourth-order valence-corrected chi connectivity index (χ4v) is 4.43. The standard InChI is InChI=1S/C20H27N9O/c1-12(2)15-11-22-19(30)14-9-13-10-23-20(25-18(13)29(14)15)24-16-3-4-17(27-26-16)28-7-5-21-6-8-28/h3-4,10,12,14-15,21H,5-9,11H2,1-2H3,(H,22,30)(H,23,24,25,26)/t14?,15-/m1/s1. The third kappa shape index (κ3) is 3.41. The van der Waals surface area contributed by atoms with Gasteiger partial charge in [0.2, 0.25) is 11.9 Å². The Kier molecular flexibility index (Phi) is 4.86. The van der Waals surface area contributed by atoms with Gasteiger partial charge in [0.05, 0.1) is 6.04 Å². The Morgan fingerprint density at radius 3 is 2.77 bits per heavy atom. The molecule has 0 saturated carbocycles. The average molecular weight is 409 g/mol. The zero-order chi connectivity index (χ0) is 20.7. The molecule has 3 aliphatic rings. The molecule has 1 amide bonds. The van der Waals surface area contributed by atoms with E-state index in [1.165, 1.54) is 0 Å². The van der Waals surface area contributed by atoms with Crippen molar-refractivity contribution in [2.24, 2.45) is 5.92 Å². The Labute approximate surface area is 175 Å². The molecule has 3 aliphatic heterocycles. The van der Waals surface area contributed by atoms with Crippen molar-refractivity contribution in [1.29, 1.82) is 0 Å². The molecule has 2 aromatic heterocycles. The summed E-state index contributed by atoms with van der Waals surface area (Å²) >= 11 is 0. The zero-order valence-electron chi connectivity index (χ0n) is 17.3. The maximum Gasteiger partial charge on any atom is 0.243 e. The monoisotopic (exact) mass is 409 g/mol. The topological polar surface area (TPSA) is 111 Å². The van der Waals surface area contributed by atoms with Crippen LogP contribution in [0.5, 0.6) is 0 Å². The quantitative estimate of drug-likeness (QED) is 0.657. The van der Waals surface area contributed by atoms with Crippen LogP contribution in [0.3, 0.4) is 0 Å². The lowest BCUT2D eigenvalue weighted by Crippen LogP contribution is -2.61. The van der Waals surface area contributed by atoms with Crippen LogP contribution in [0, 0.1) is 5.92 Å². The van der Waals surface area contributed by atoms with Crippen molar-refractivity contribution in [3.05, 3.63) is 23.9 Å². The van der Waals surface area contributed by atoms with Gasteiger partial charge in [0.15, 0.2) is 11.6 Å². The van der Waals surface area contributed by atoms with Crippen molar-refractivity contribution >= 4 is 29.3 Å². The number of nitrogens with one attached hydrogen (secondary N) is 3. The predicted molar refractivity (Wildman–Crippen MR) is 114 cm³/mol. The van der Waals surface area contributed by atoms with Gasteiger partial charge in [-0.3, -0.25) is 4.79 Å². The van der Waals surface area contributed by atoms with Crippen molar-refractivity contribution in [1.82, 2.24) is 30.8 Å². The highest BCUT2D eigenvalue weighted by molar-refractivity contribution is 5.89. The van der Waals surface area contributed by atoms with Crippen molar-refractivity contribution in [2.75, 3.05) is 47.8 Å². The van der Waals surface area contributed by atoms with Gasteiger partial charge >= 0.3 is 0 Å². The first-order chi connectivity index (χ1) is 14.6. The van der Waals surface area contributed by atoms with Crippen molar-refractivity contribution in [3.8, 4) is 0 Å².